The molecule has 0 aromatic heterocycles. The zero-order valence-corrected chi connectivity index (χ0v) is 6.10. The molecule has 0 radical (unpaired) electrons. The molecule has 0 heterocycles. The molecule has 0 aromatic rings. The maximum absolute atomic E-state index is 10.6. The molecule has 9 heavy (non-hydrogen) atoms. The van der Waals surface area contributed by atoms with Crippen LogP contribution in [0.25, 0.3) is 0 Å². The van der Waals surface area contributed by atoms with E-state index in [4.69, 9.17) is 4.74 Å². The maximum Gasteiger partial charge on any atom is 0.173 e. The van der Waals surface area contributed by atoms with Crippen LogP contribution in [0, 0.1) is 0 Å². The molecule has 1 atom stereocenters. The summed E-state index contributed by atoms with van der Waals surface area (Å²) < 4.78 is 4.99. The molecule has 0 spiro atoms. The number of likely N-dealkylation sites (N-methyl/N-ethyl adjacent to an activating group) is 1. The zero-order chi connectivity index (χ0) is 7.28. The van der Waals surface area contributed by atoms with E-state index in [0.29, 0.717) is 6.61 Å². The number of ketones is 1. The van der Waals surface area contributed by atoms with Gasteiger partial charge in [0.05, 0.1) is 0 Å². The molecule has 1 N–H and O–H groups in total. The van der Waals surface area contributed by atoms with Crippen molar-refractivity contribution in [3.8, 4) is 0 Å². The average molecular weight is 131 g/mol. The van der Waals surface area contributed by atoms with E-state index >= 15 is 0 Å². The Hall–Kier alpha value is -0.410. The smallest absolute Gasteiger partial charge is 0.173 e. The lowest BCUT2D eigenvalue weighted by Gasteiger charge is -2.10. The van der Waals surface area contributed by atoms with Crippen molar-refractivity contribution in [1.82, 2.24) is 5.32 Å². The first kappa shape index (κ1) is 8.59. The fraction of sp³-hybridized carbons (Fsp3) is 0.833. The molecular weight excluding hydrogens is 118 g/mol. The highest BCUT2D eigenvalue weighted by Gasteiger charge is 2.08. The molecule has 0 aliphatic carbocycles. The van der Waals surface area contributed by atoms with Crippen LogP contribution in [0.2, 0.25) is 0 Å². The normalized spacial score (nSPS) is 13.2. The topological polar surface area (TPSA) is 38.3 Å². The largest absolute Gasteiger partial charge is 0.356 e. The Kier molecular flexibility index (Phi) is 4.26. The maximum atomic E-state index is 10.6. The Morgan fingerprint density at radius 2 is 2.33 bits per heavy atom. The molecular formula is C6H13NO2. The number of Topliss-reactive ketones (excluding diaryl/α,β-unsaturated/α-hetero) is 1. The zero-order valence-electron chi connectivity index (χ0n) is 6.10. The van der Waals surface area contributed by atoms with Gasteiger partial charge in [0.25, 0.3) is 0 Å². The number of hydrogen-bond donors (Lipinski definition) is 1. The van der Waals surface area contributed by atoms with Crippen molar-refractivity contribution >= 4 is 5.78 Å². The van der Waals surface area contributed by atoms with Crippen LogP contribution in [0.1, 0.15) is 13.8 Å². The Bertz CT molecular complexity index is 93.1. The van der Waals surface area contributed by atoms with Crippen molar-refractivity contribution in [3.05, 3.63) is 0 Å². The molecule has 0 aliphatic rings. The summed E-state index contributed by atoms with van der Waals surface area (Å²) in [6.07, 6.45) is -0.421. The first-order valence-corrected chi connectivity index (χ1v) is 3.01. The third kappa shape index (κ3) is 3.21. The lowest BCUT2D eigenvalue weighted by atomic mass is 10.4. The van der Waals surface area contributed by atoms with Gasteiger partial charge in [0.2, 0.25) is 0 Å². The molecule has 1 unspecified atom stereocenters. The first-order valence-electron chi connectivity index (χ1n) is 3.01. The van der Waals surface area contributed by atoms with Crippen molar-refractivity contribution in [3.63, 3.8) is 0 Å². The van der Waals surface area contributed by atoms with Gasteiger partial charge in [0, 0.05) is 6.61 Å². The molecule has 0 saturated heterocycles. The van der Waals surface area contributed by atoms with Crippen molar-refractivity contribution < 1.29 is 9.53 Å². The summed E-state index contributed by atoms with van der Waals surface area (Å²) in [5.74, 6) is 0.0133. The van der Waals surface area contributed by atoms with Gasteiger partial charge in [-0.15, -0.1) is 0 Å². The summed E-state index contributed by atoms with van der Waals surface area (Å²) in [5, 5.41) is 2.73. The molecule has 0 saturated carbocycles. The van der Waals surface area contributed by atoms with E-state index in [2.05, 4.69) is 5.32 Å². The molecule has 54 valence electrons. The van der Waals surface area contributed by atoms with Gasteiger partial charge in [0.1, 0.15) is 0 Å². The van der Waals surface area contributed by atoms with Gasteiger partial charge in [-0.25, -0.2) is 0 Å². The van der Waals surface area contributed by atoms with E-state index in [1.807, 2.05) is 6.92 Å². The highest BCUT2D eigenvalue weighted by atomic mass is 16.5. The molecule has 0 bridgehead atoms. The third-order valence-corrected chi connectivity index (χ3v) is 0.965. The van der Waals surface area contributed by atoms with Crippen LogP contribution in [0.3, 0.4) is 0 Å². The Morgan fingerprint density at radius 3 is 2.44 bits per heavy atom. The predicted octanol–water partition coefficient (Wildman–Crippen LogP) is 0.157. The second-order valence-electron chi connectivity index (χ2n) is 1.73. The Labute approximate surface area is 55.4 Å². The summed E-state index contributed by atoms with van der Waals surface area (Å²) in [4.78, 5) is 10.6. The van der Waals surface area contributed by atoms with Gasteiger partial charge < -0.3 is 4.74 Å². The number of carbonyl (C=O) groups is 1. The van der Waals surface area contributed by atoms with Gasteiger partial charge in [-0.1, -0.05) is 0 Å². The van der Waals surface area contributed by atoms with Crippen LogP contribution in [0.15, 0.2) is 0 Å². The number of carbonyl (C=O) groups excluding carboxylic acids is 1. The quantitative estimate of drug-likeness (QED) is 0.552. The summed E-state index contributed by atoms with van der Waals surface area (Å²) in [6.45, 7) is 3.91. The Morgan fingerprint density at radius 1 is 1.78 bits per heavy atom. The van der Waals surface area contributed by atoms with Crippen molar-refractivity contribution in [1.29, 1.82) is 0 Å². The molecule has 0 aliphatic heterocycles. The fourth-order valence-electron chi connectivity index (χ4n) is 0.571. The molecule has 0 amide bonds. The van der Waals surface area contributed by atoms with Crippen LogP contribution >= 0.6 is 0 Å². The second-order valence-corrected chi connectivity index (χ2v) is 1.73. The molecule has 3 heteroatoms. The van der Waals surface area contributed by atoms with Gasteiger partial charge in [-0.3, -0.25) is 10.1 Å². The average Bonchev–Trinajstić information content (AvgIpc) is 1.82. The van der Waals surface area contributed by atoms with Gasteiger partial charge in [-0.2, -0.15) is 0 Å². The van der Waals surface area contributed by atoms with Crippen LogP contribution < -0.4 is 5.32 Å². The first-order chi connectivity index (χ1) is 4.22. The summed E-state index contributed by atoms with van der Waals surface area (Å²) in [5.41, 5.74) is 0. The monoisotopic (exact) mass is 131 g/mol. The Balaban J connectivity index is 3.54. The van der Waals surface area contributed by atoms with Gasteiger partial charge in [0.15, 0.2) is 12.0 Å². The lowest BCUT2D eigenvalue weighted by Crippen LogP contribution is -2.34. The third-order valence-electron chi connectivity index (χ3n) is 0.965. The summed E-state index contributed by atoms with van der Waals surface area (Å²) >= 11 is 0. The van der Waals surface area contributed by atoms with Gasteiger partial charge >= 0.3 is 0 Å². The van der Waals surface area contributed by atoms with E-state index < -0.39 is 6.23 Å². The molecule has 0 fully saturated rings. The number of hydrogen-bond acceptors (Lipinski definition) is 3. The molecule has 0 aromatic carbocycles. The van der Waals surface area contributed by atoms with E-state index in [1.165, 1.54) is 6.92 Å². The highest BCUT2D eigenvalue weighted by molar-refractivity contribution is 5.79. The van der Waals surface area contributed by atoms with E-state index in [-0.39, 0.29) is 5.78 Å². The number of ether oxygens (including phenoxy) is 1. The minimum Gasteiger partial charge on any atom is -0.356 e. The highest BCUT2D eigenvalue weighted by Crippen LogP contribution is 1.86. The summed E-state index contributed by atoms with van der Waals surface area (Å²) in [7, 11) is 1.70. The summed E-state index contributed by atoms with van der Waals surface area (Å²) in [6, 6.07) is 0. The van der Waals surface area contributed by atoms with Gasteiger partial charge in [-0.05, 0) is 20.9 Å². The van der Waals surface area contributed by atoms with Crippen molar-refractivity contribution in [2.24, 2.45) is 0 Å². The number of rotatable bonds is 4. The SMILES string of the molecule is CCOC(NC)C(C)=O. The van der Waals surface area contributed by atoms with Crippen LogP contribution in [0.4, 0.5) is 0 Å². The van der Waals surface area contributed by atoms with Crippen LogP contribution in [0.5, 0.6) is 0 Å². The van der Waals surface area contributed by atoms with E-state index in [0.717, 1.165) is 0 Å². The van der Waals surface area contributed by atoms with E-state index in [1.54, 1.807) is 7.05 Å². The van der Waals surface area contributed by atoms with E-state index in [9.17, 15) is 4.79 Å². The van der Waals surface area contributed by atoms with Crippen LogP contribution in [-0.4, -0.2) is 25.7 Å². The molecule has 3 nitrogen and oxygen atoms in total. The fourth-order valence-corrected chi connectivity index (χ4v) is 0.571. The number of nitrogens with one attached hydrogen (secondary N) is 1. The molecule has 0 rings (SSSR count). The minimum atomic E-state index is -0.421. The minimum absolute atomic E-state index is 0.0133. The second kappa shape index (κ2) is 4.47. The lowest BCUT2D eigenvalue weighted by molar-refractivity contribution is -0.129. The van der Waals surface area contributed by atoms with Crippen molar-refractivity contribution in [2.45, 2.75) is 20.1 Å². The van der Waals surface area contributed by atoms with Crippen molar-refractivity contribution in [2.75, 3.05) is 13.7 Å². The van der Waals surface area contributed by atoms with Crippen LogP contribution in [-0.2, 0) is 9.53 Å². The standard InChI is InChI=1S/C6H13NO2/c1-4-9-6(7-3)5(2)8/h6-7H,4H2,1-3H3. The predicted molar refractivity (Wildman–Crippen MR) is 35.2 cm³/mol.